The molecule has 1 amide bonds. The first kappa shape index (κ1) is 23.5. The van der Waals surface area contributed by atoms with Crippen molar-refractivity contribution in [2.24, 2.45) is 0 Å². The Bertz CT molecular complexity index is 1030. The van der Waals surface area contributed by atoms with Crippen molar-refractivity contribution < 1.29 is 23.4 Å². The lowest BCUT2D eigenvalue weighted by atomic mass is 10.1. The summed E-state index contributed by atoms with van der Waals surface area (Å²) in [7, 11) is 3.14. The van der Waals surface area contributed by atoms with Gasteiger partial charge in [-0.3, -0.25) is 4.79 Å². The molecule has 3 rings (SSSR count). The topological polar surface area (TPSA) is 60.9 Å². The number of halogens is 1. The second-order valence-corrected chi connectivity index (χ2v) is 8.13. The highest BCUT2D eigenvalue weighted by Gasteiger charge is 2.24. The molecule has 0 aliphatic carbocycles. The monoisotopic (exact) mass is 458 g/mol. The first-order valence-corrected chi connectivity index (χ1v) is 11.2. The van der Waals surface area contributed by atoms with Crippen LogP contribution >= 0.6 is 11.3 Å². The maximum atomic E-state index is 14.2. The van der Waals surface area contributed by atoms with Crippen molar-refractivity contribution in [2.75, 3.05) is 14.2 Å². The third-order valence-electron chi connectivity index (χ3n) is 5.14. The Kier molecular flexibility index (Phi) is 8.05. The number of benzene rings is 2. The molecule has 0 spiro atoms. The van der Waals surface area contributed by atoms with Crippen molar-refractivity contribution in [3.63, 3.8) is 0 Å². The molecule has 0 unspecified atom stereocenters. The second kappa shape index (κ2) is 10.9. The number of hydrogen-bond acceptors (Lipinski definition) is 6. The molecule has 0 fully saturated rings. The Balaban J connectivity index is 1.74. The van der Waals surface area contributed by atoms with Crippen molar-refractivity contribution in [1.29, 1.82) is 0 Å². The van der Waals surface area contributed by atoms with Gasteiger partial charge in [0.15, 0.2) is 11.5 Å². The number of para-hydroxylation sites is 1. The maximum absolute atomic E-state index is 14.2. The van der Waals surface area contributed by atoms with Crippen molar-refractivity contribution in [3.05, 3.63) is 69.9 Å². The molecule has 0 saturated heterocycles. The minimum Gasteiger partial charge on any atom is -0.493 e. The quantitative estimate of drug-likeness (QED) is 0.412. The predicted octanol–water partition coefficient (Wildman–Crippen LogP) is 5.32. The van der Waals surface area contributed by atoms with E-state index >= 15 is 0 Å². The van der Waals surface area contributed by atoms with Crippen LogP contribution in [0.4, 0.5) is 4.39 Å². The largest absolute Gasteiger partial charge is 0.493 e. The predicted molar refractivity (Wildman–Crippen MR) is 122 cm³/mol. The molecule has 3 aromatic rings. The number of ether oxygens (including phenoxy) is 3. The van der Waals surface area contributed by atoms with E-state index in [0.717, 1.165) is 17.1 Å². The molecular weight excluding hydrogens is 431 g/mol. The fourth-order valence-corrected chi connectivity index (χ4v) is 3.89. The molecule has 6 nitrogen and oxygen atoms in total. The summed E-state index contributed by atoms with van der Waals surface area (Å²) in [6.07, 6.45) is 0.744. The Morgan fingerprint density at radius 1 is 1.12 bits per heavy atom. The third-order valence-corrected chi connectivity index (χ3v) is 6.01. The number of thiazole rings is 1. The minimum absolute atomic E-state index is 0.0647. The fourth-order valence-electron chi connectivity index (χ4n) is 3.19. The van der Waals surface area contributed by atoms with Crippen molar-refractivity contribution in [1.82, 2.24) is 9.88 Å². The summed E-state index contributed by atoms with van der Waals surface area (Å²) in [5, 5.41) is 2.64. The maximum Gasteiger partial charge on any atom is 0.257 e. The van der Waals surface area contributed by atoms with Gasteiger partial charge in [0.1, 0.15) is 17.4 Å². The van der Waals surface area contributed by atoms with Gasteiger partial charge in [-0.15, -0.1) is 11.3 Å². The van der Waals surface area contributed by atoms with E-state index in [-0.39, 0.29) is 30.7 Å². The lowest BCUT2D eigenvalue weighted by Gasteiger charge is -2.28. The van der Waals surface area contributed by atoms with Gasteiger partial charge in [0, 0.05) is 11.4 Å². The summed E-state index contributed by atoms with van der Waals surface area (Å²) in [6, 6.07) is 11.4. The molecule has 1 aromatic heterocycles. The molecule has 2 aromatic carbocycles. The van der Waals surface area contributed by atoms with E-state index in [0.29, 0.717) is 17.2 Å². The van der Waals surface area contributed by atoms with Gasteiger partial charge in [-0.1, -0.05) is 25.1 Å². The highest BCUT2D eigenvalue weighted by Crippen LogP contribution is 2.37. The van der Waals surface area contributed by atoms with E-state index in [1.807, 2.05) is 25.3 Å². The first-order valence-electron chi connectivity index (χ1n) is 10.3. The number of carbonyl (C=O) groups is 1. The lowest BCUT2D eigenvalue weighted by molar-refractivity contribution is 0.0664. The summed E-state index contributed by atoms with van der Waals surface area (Å²) in [6.45, 7) is 4.46. The van der Waals surface area contributed by atoms with E-state index in [4.69, 9.17) is 14.2 Å². The van der Waals surface area contributed by atoms with Gasteiger partial charge in [0.2, 0.25) is 5.75 Å². The molecule has 0 radical (unpaired) electrons. The molecule has 0 aliphatic rings. The SMILES string of the molecule is CC[C@@H](C)N(Cc1csc(COc2c(OC)cccc2OC)n1)C(=O)c1ccccc1F. The molecule has 32 heavy (non-hydrogen) atoms. The highest BCUT2D eigenvalue weighted by atomic mass is 32.1. The molecule has 0 N–H and O–H groups in total. The van der Waals surface area contributed by atoms with Crippen molar-refractivity contribution in [2.45, 2.75) is 39.5 Å². The van der Waals surface area contributed by atoms with Gasteiger partial charge < -0.3 is 19.1 Å². The number of hydrogen-bond donors (Lipinski definition) is 0. The van der Waals surface area contributed by atoms with Crippen LogP contribution in [0.25, 0.3) is 0 Å². The summed E-state index contributed by atoms with van der Waals surface area (Å²) in [5.74, 6) is 0.773. The summed E-state index contributed by atoms with van der Waals surface area (Å²) >= 11 is 1.44. The van der Waals surface area contributed by atoms with E-state index in [9.17, 15) is 9.18 Å². The summed E-state index contributed by atoms with van der Waals surface area (Å²) in [5.41, 5.74) is 0.792. The van der Waals surface area contributed by atoms with Crippen LogP contribution in [0.3, 0.4) is 0 Å². The number of nitrogens with zero attached hydrogens (tertiary/aromatic N) is 2. The number of carbonyl (C=O) groups excluding carboxylic acids is 1. The average Bonchev–Trinajstić information content (AvgIpc) is 3.27. The van der Waals surface area contributed by atoms with E-state index < -0.39 is 5.82 Å². The van der Waals surface area contributed by atoms with Crippen molar-refractivity contribution >= 4 is 17.2 Å². The smallest absolute Gasteiger partial charge is 0.257 e. The molecular formula is C24H27FN2O4S. The van der Waals surface area contributed by atoms with Gasteiger partial charge >= 0.3 is 0 Å². The summed E-state index contributed by atoms with van der Waals surface area (Å²) in [4.78, 5) is 19.3. The number of methoxy groups -OCH3 is 2. The fraction of sp³-hybridized carbons (Fsp3) is 0.333. The highest BCUT2D eigenvalue weighted by molar-refractivity contribution is 7.09. The molecule has 1 heterocycles. The Morgan fingerprint density at radius 2 is 1.81 bits per heavy atom. The lowest BCUT2D eigenvalue weighted by Crippen LogP contribution is -2.38. The average molecular weight is 459 g/mol. The molecule has 1 atom stereocenters. The van der Waals surface area contributed by atoms with E-state index in [2.05, 4.69) is 4.98 Å². The van der Waals surface area contributed by atoms with Gasteiger partial charge in [-0.2, -0.15) is 0 Å². The summed E-state index contributed by atoms with van der Waals surface area (Å²) < 4.78 is 30.8. The standard InChI is InChI=1S/C24H27FN2O4S/c1-5-16(2)27(24(28)18-9-6-7-10-19(18)25)13-17-15-32-22(26-17)14-31-23-20(29-3)11-8-12-21(23)30-4/h6-12,15-16H,5,13-14H2,1-4H3/t16-/m1/s1. The van der Waals surface area contributed by atoms with Crippen LogP contribution in [-0.2, 0) is 13.2 Å². The zero-order valence-electron chi connectivity index (χ0n) is 18.6. The zero-order valence-corrected chi connectivity index (χ0v) is 19.4. The van der Waals surface area contributed by atoms with Crippen LogP contribution in [-0.4, -0.2) is 36.1 Å². The van der Waals surface area contributed by atoms with Gasteiger partial charge in [0.05, 0.1) is 32.0 Å². The molecule has 170 valence electrons. The first-order chi connectivity index (χ1) is 15.5. The minimum atomic E-state index is -0.524. The van der Waals surface area contributed by atoms with Gasteiger partial charge in [-0.05, 0) is 37.6 Å². The van der Waals surface area contributed by atoms with E-state index in [1.165, 1.54) is 23.5 Å². The molecule has 0 saturated carbocycles. The number of aromatic nitrogens is 1. The molecule has 0 aliphatic heterocycles. The molecule has 0 bridgehead atoms. The molecule has 8 heteroatoms. The number of amides is 1. The van der Waals surface area contributed by atoms with Crippen LogP contribution in [0.5, 0.6) is 17.2 Å². The number of rotatable bonds is 10. The van der Waals surface area contributed by atoms with Gasteiger partial charge in [-0.25, -0.2) is 9.37 Å². The third kappa shape index (κ3) is 5.37. The van der Waals surface area contributed by atoms with Crippen LogP contribution in [0.1, 0.15) is 41.3 Å². The zero-order chi connectivity index (χ0) is 23.1. The Hall–Kier alpha value is -3.13. The van der Waals surface area contributed by atoms with Crippen LogP contribution in [0, 0.1) is 5.82 Å². The normalized spacial score (nSPS) is 11.7. The Labute approximate surface area is 191 Å². The second-order valence-electron chi connectivity index (χ2n) is 7.18. The van der Waals surface area contributed by atoms with Crippen LogP contribution in [0.15, 0.2) is 47.8 Å². The Morgan fingerprint density at radius 3 is 2.44 bits per heavy atom. The van der Waals surface area contributed by atoms with Crippen LogP contribution < -0.4 is 14.2 Å². The van der Waals surface area contributed by atoms with Gasteiger partial charge in [0.25, 0.3) is 5.91 Å². The van der Waals surface area contributed by atoms with Crippen LogP contribution in [0.2, 0.25) is 0 Å². The van der Waals surface area contributed by atoms with E-state index in [1.54, 1.807) is 43.4 Å². The van der Waals surface area contributed by atoms with Crippen molar-refractivity contribution in [3.8, 4) is 17.2 Å².